The molecule has 1 aromatic heterocycles. The fraction of sp³-hybridized carbons (Fsp3) is 0.250. The van der Waals surface area contributed by atoms with Gasteiger partial charge in [-0.15, -0.1) is 0 Å². The van der Waals surface area contributed by atoms with Gasteiger partial charge >= 0.3 is 0 Å². The highest BCUT2D eigenvalue weighted by molar-refractivity contribution is 5.72. The van der Waals surface area contributed by atoms with Gasteiger partial charge in [0.2, 0.25) is 0 Å². The Bertz CT molecular complexity index is 491. The van der Waals surface area contributed by atoms with Crippen molar-refractivity contribution in [2.45, 2.75) is 6.54 Å². The molecule has 0 atom stereocenters. The number of ether oxygens (including phenoxy) is 1. The highest BCUT2D eigenvalue weighted by Gasteiger charge is 2.10. The van der Waals surface area contributed by atoms with Crippen LogP contribution in [-0.4, -0.2) is 28.6 Å². The highest BCUT2D eigenvalue weighted by Crippen LogP contribution is 2.27. The third-order valence-corrected chi connectivity index (χ3v) is 2.54. The number of methoxy groups -OCH3 is 1. The van der Waals surface area contributed by atoms with Crippen molar-refractivity contribution in [1.82, 2.24) is 9.78 Å². The van der Waals surface area contributed by atoms with Crippen LogP contribution < -0.4 is 10.5 Å². The molecular weight excluding hydrogens is 218 g/mol. The second-order valence-electron chi connectivity index (χ2n) is 3.62. The molecule has 0 saturated heterocycles. The minimum absolute atomic E-state index is 0.0320. The summed E-state index contributed by atoms with van der Waals surface area (Å²) in [7, 11) is 1.62. The molecule has 3 N–H and O–H groups in total. The van der Waals surface area contributed by atoms with E-state index in [2.05, 4.69) is 5.10 Å². The highest BCUT2D eigenvalue weighted by atomic mass is 16.5. The van der Waals surface area contributed by atoms with E-state index in [0.29, 0.717) is 12.2 Å². The third-order valence-electron chi connectivity index (χ3n) is 2.54. The quantitative estimate of drug-likeness (QED) is 0.830. The Morgan fingerprint density at radius 1 is 1.35 bits per heavy atom. The summed E-state index contributed by atoms with van der Waals surface area (Å²) < 4.78 is 6.79. The van der Waals surface area contributed by atoms with Gasteiger partial charge in [0, 0.05) is 5.56 Å². The second-order valence-corrected chi connectivity index (χ2v) is 3.62. The van der Waals surface area contributed by atoms with E-state index in [0.717, 1.165) is 17.0 Å². The number of aliphatic hydroxyl groups excluding tert-OH is 1. The minimum Gasteiger partial charge on any atom is -0.497 e. The van der Waals surface area contributed by atoms with Gasteiger partial charge in [-0.25, -0.2) is 0 Å². The molecule has 0 amide bonds. The zero-order valence-corrected chi connectivity index (χ0v) is 9.63. The lowest BCUT2D eigenvalue weighted by Crippen LogP contribution is -2.06. The van der Waals surface area contributed by atoms with Crippen molar-refractivity contribution >= 4 is 5.69 Å². The van der Waals surface area contributed by atoms with E-state index in [9.17, 15) is 0 Å². The third kappa shape index (κ3) is 2.24. The number of rotatable bonds is 4. The maximum absolute atomic E-state index is 8.96. The van der Waals surface area contributed by atoms with Crippen molar-refractivity contribution in [3.63, 3.8) is 0 Å². The predicted octanol–water partition coefficient (Wildman–Crippen LogP) is 1.13. The maximum atomic E-state index is 8.96. The van der Waals surface area contributed by atoms with E-state index < -0.39 is 0 Å². The van der Waals surface area contributed by atoms with Crippen LogP contribution in [0.4, 0.5) is 5.69 Å². The van der Waals surface area contributed by atoms with Crippen LogP contribution in [0.3, 0.4) is 0 Å². The Morgan fingerprint density at radius 3 is 2.65 bits per heavy atom. The van der Waals surface area contributed by atoms with Crippen LogP contribution >= 0.6 is 0 Å². The Balaban J connectivity index is 2.40. The number of aromatic nitrogens is 2. The molecular formula is C12H15N3O2. The van der Waals surface area contributed by atoms with Crippen molar-refractivity contribution in [2.75, 3.05) is 19.5 Å². The largest absolute Gasteiger partial charge is 0.497 e. The van der Waals surface area contributed by atoms with Crippen molar-refractivity contribution in [1.29, 1.82) is 0 Å². The Kier molecular flexibility index (Phi) is 3.30. The number of hydrogen-bond acceptors (Lipinski definition) is 4. The van der Waals surface area contributed by atoms with Crippen molar-refractivity contribution in [2.24, 2.45) is 0 Å². The molecule has 2 aromatic rings. The van der Waals surface area contributed by atoms with Crippen LogP contribution in [0.2, 0.25) is 0 Å². The summed E-state index contributed by atoms with van der Waals surface area (Å²) in [5.41, 5.74) is 8.25. The van der Waals surface area contributed by atoms with E-state index in [1.54, 1.807) is 18.0 Å². The number of hydrogen-bond donors (Lipinski definition) is 2. The topological polar surface area (TPSA) is 73.3 Å². The van der Waals surface area contributed by atoms with E-state index in [1.807, 2.05) is 24.3 Å². The molecule has 0 saturated carbocycles. The van der Waals surface area contributed by atoms with Crippen LogP contribution in [0.25, 0.3) is 11.3 Å². The fourth-order valence-corrected chi connectivity index (χ4v) is 1.73. The average molecular weight is 233 g/mol. The molecule has 5 nitrogen and oxygen atoms in total. The van der Waals surface area contributed by atoms with E-state index in [4.69, 9.17) is 15.6 Å². The molecule has 0 aliphatic rings. The second kappa shape index (κ2) is 4.88. The molecule has 0 fully saturated rings. The van der Waals surface area contributed by atoms with Crippen molar-refractivity contribution in [3.8, 4) is 17.0 Å². The molecule has 0 spiro atoms. The van der Waals surface area contributed by atoms with Crippen LogP contribution in [-0.2, 0) is 6.54 Å². The number of aliphatic hydroxyl groups is 1. The number of nitrogen functional groups attached to an aromatic ring is 1. The maximum Gasteiger partial charge on any atom is 0.118 e. The summed E-state index contributed by atoms with van der Waals surface area (Å²) in [5.74, 6) is 0.792. The van der Waals surface area contributed by atoms with Gasteiger partial charge < -0.3 is 15.6 Å². The van der Waals surface area contributed by atoms with Crippen LogP contribution in [0.1, 0.15) is 0 Å². The first kappa shape index (κ1) is 11.5. The molecule has 5 heteroatoms. The SMILES string of the molecule is COc1ccc(-c2c(N)cnn2CCO)cc1. The molecule has 0 radical (unpaired) electrons. The lowest BCUT2D eigenvalue weighted by molar-refractivity contribution is 0.270. The zero-order valence-electron chi connectivity index (χ0n) is 9.63. The van der Waals surface area contributed by atoms with Gasteiger partial charge in [0.25, 0.3) is 0 Å². The van der Waals surface area contributed by atoms with Gasteiger partial charge in [-0.3, -0.25) is 4.68 Å². The summed E-state index contributed by atoms with van der Waals surface area (Å²) >= 11 is 0. The van der Waals surface area contributed by atoms with Crippen LogP contribution in [0, 0.1) is 0 Å². The summed E-state index contributed by atoms with van der Waals surface area (Å²) in [6.07, 6.45) is 1.59. The monoisotopic (exact) mass is 233 g/mol. The fourth-order valence-electron chi connectivity index (χ4n) is 1.73. The Morgan fingerprint density at radius 2 is 2.06 bits per heavy atom. The standard InChI is InChI=1S/C12H15N3O2/c1-17-10-4-2-9(3-5-10)12-11(13)8-14-15(12)6-7-16/h2-5,8,16H,6-7,13H2,1H3. The van der Waals surface area contributed by atoms with Crippen molar-refractivity contribution in [3.05, 3.63) is 30.5 Å². The van der Waals surface area contributed by atoms with Gasteiger partial charge in [-0.05, 0) is 24.3 Å². The molecule has 0 aliphatic heterocycles. The smallest absolute Gasteiger partial charge is 0.118 e. The predicted molar refractivity (Wildman–Crippen MR) is 65.7 cm³/mol. The summed E-state index contributed by atoms with van der Waals surface area (Å²) in [5, 5.41) is 13.1. The van der Waals surface area contributed by atoms with Gasteiger partial charge in [0.1, 0.15) is 5.75 Å². The number of nitrogens with two attached hydrogens (primary N) is 1. The molecule has 17 heavy (non-hydrogen) atoms. The van der Waals surface area contributed by atoms with Crippen LogP contribution in [0.5, 0.6) is 5.75 Å². The Hall–Kier alpha value is -2.01. The first-order valence-electron chi connectivity index (χ1n) is 5.33. The molecule has 0 aliphatic carbocycles. The lowest BCUT2D eigenvalue weighted by Gasteiger charge is -2.08. The van der Waals surface area contributed by atoms with Crippen LogP contribution in [0.15, 0.2) is 30.5 Å². The first-order valence-corrected chi connectivity index (χ1v) is 5.33. The normalized spacial score (nSPS) is 10.5. The van der Waals surface area contributed by atoms with E-state index >= 15 is 0 Å². The van der Waals surface area contributed by atoms with E-state index in [-0.39, 0.29) is 6.61 Å². The summed E-state index contributed by atoms with van der Waals surface area (Å²) in [4.78, 5) is 0. The molecule has 2 rings (SSSR count). The molecule has 90 valence electrons. The van der Waals surface area contributed by atoms with Gasteiger partial charge in [-0.1, -0.05) is 0 Å². The minimum atomic E-state index is 0.0320. The van der Waals surface area contributed by atoms with Gasteiger partial charge in [0.05, 0.1) is 37.8 Å². The average Bonchev–Trinajstić information content (AvgIpc) is 2.71. The number of nitrogens with zero attached hydrogens (tertiary/aromatic N) is 2. The summed E-state index contributed by atoms with van der Waals surface area (Å²) in [6.45, 7) is 0.461. The molecule has 1 heterocycles. The number of anilines is 1. The Labute approximate surface area is 99.4 Å². The van der Waals surface area contributed by atoms with E-state index in [1.165, 1.54) is 0 Å². The van der Waals surface area contributed by atoms with Gasteiger partial charge in [-0.2, -0.15) is 5.10 Å². The van der Waals surface area contributed by atoms with Gasteiger partial charge in [0.15, 0.2) is 0 Å². The zero-order chi connectivity index (χ0) is 12.3. The molecule has 0 unspecified atom stereocenters. The summed E-state index contributed by atoms with van der Waals surface area (Å²) in [6, 6.07) is 7.57. The molecule has 0 bridgehead atoms. The molecule has 1 aromatic carbocycles. The number of benzene rings is 1. The van der Waals surface area contributed by atoms with Crippen molar-refractivity contribution < 1.29 is 9.84 Å². The first-order chi connectivity index (χ1) is 8.26. The lowest BCUT2D eigenvalue weighted by atomic mass is 10.1.